The maximum absolute atomic E-state index is 12.8. The van der Waals surface area contributed by atoms with Gasteiger partial charge >= 0.3 is 0 Å². The zero-order valence-corrected chi connectivity index (χ0v) is 21.6. The number of fused-ring (bicyclic) bond motifs is 1. The summed E-state index contributed by atoms with van der Waals surface area (Å²) < 4.78 is 2.37. The number of rotatable bonds is 7. The van der Waals surface area contributed by atoms with Crippen LogP contribution in [0.4, 0.5) is 5.95 Å². The van der Waals surface area contributed by atoms with E-state index in [4.69, 9.17) is 9.97 Å². The van der Waals surface area contributed by atoms with Crippen molar-refractivity contribution < 1.29 is 9.90 Å². The Morgan fingerprint density at radius 3 is 2.54 bits per heavy atom. The zero-order chi connectivity index (χ0) is 24.5. The summed E-state index contributed by atoms with van der Waals surface area (Å²) in [7, 11) is 2.08. The highest BCUT2D eigenvalue weighted by atomic mass is 16.3. The number of aliphatic hydroxyl groups excluding tert-OH is 1. The molecule has 1 aliphatic carbocycles. The van der Waals surface area contributed by atoms with Gasteiger partial charge in [0.25, 0.3) is 0 Å². The Hall–Kier alpha value is -2.19. The van der Waals surface area contributed by atoms with E-state index >= 15 is 0 Å². The molecule has 3 aliphatic rings. The first-order chi connectivity index (χ1) is 16.9. The molecule has 2 aromatic heterocycles. The van der Waals surface area contributed by atoms with E-state index in [1.807, 2.05) is 6.20 Å². The number of carbonyl (C=O) groups excluding carboxylic acids is 1. The molecule has 8 nitrogen and oxygen atoms in total. The molecule has 1 atom stereocenters. The van der Waals surface area contributed by atoms with Gasteiger partial charge < -0.3 is 24.8 Å². The molecule has 2 aromatic rings. The molecule has 35 heavy (non-hydrogen) atoms. The van der Waals surface area contributed by atoms with Crippen LogP contribution in [0, 0.1) is 5.92 Å². The average Bonchev–Trinajstić information content (AvgIpc) is 3.21. The fourth-order valence-corrected chi connectivity index (χ4v) is 6.31. The summed E-state index contributed by atoms with van der Waals surface area (Å²) in [6, 6.07) is 0.699. The Morgan fingerprint density at radius 2 is 1.89 bits per heavy atom. The summed E-state index contributed by atoms with van der Waals surface area (Å²) in [5.74, 6) is 1.65. The molecule has 1 saturated carbocycles. The van der Waals surface area contributed by atoms with Crippen molar-refractivity contribution >= 4 is 22.9 Å². The number of hydrogen-bond donors (Lipinski definition) is 2. The minimum atomic E-state index is -0.174. The number of piperidine rings is 1. The lowest BCUT2D eigenvalue weighted by Gasteiger charge is -2.40. The Morgan fingerprint density at radius 1 is 1.17 bits per heavy atom. The van der Waals surface area contributed by atoms with Gasteiger partial charge in [-0.25, -0.2) is 4.98 Å². The molecule has 0 aromatic carbocycles. The monoisotopic (exact) mass is 482 g/mol. The molecular weight excluding hydrogens is 440 g/mol. The van der Waals surface area contributed by atoms with Crippen molar-refractivity contribution in [3.05, 3.63) is 18.0 Å². The van der Waals surface area contributed by atoms with Crippen molar-refractivity contribution in [3.8, 4) is 0 Å². The van der Waals surface area contributed by atoms with Crippen LogP contribution >= 0.6 is 0 Å². The summed E-state index contributed by atoms with van der Waals surface area (Å²) in [5, 5.41) is 14.7. The van der Waals surface area contributed by atoms with E-state index in [1.165, 1.54) is 5.56 Å². The second kappa shape index (κ2) is 10.4. The summed E-state index contributed by atoms with van der Waals surface area (Å²) in [6.45, 7) is 7.84. The van der Waals surface area contributed by atoms with Crippen molar-refractivity contribution in [3.63, 3.8) is 0 Å². The number of nitrogens with zero attached hydrogens (tertiary/aromatic N) is 5. The predicted molar refractivity (Wildman–Crippen MR) is 139 cm³/mol. The second-order valence-electron chi connectivity index (χ2n) is 11.2. The number of carbonyl (C=O) groups is 1. The Balaban J connectivity index is 1.37. The predicted octanol–water partition coefficient (Wildman–Crippen LogP) is 3.78. The van der Waals surface area contributed by atoms with Crippen LogP contribution in [0.15, 0.2) is 12.4 Å². The number of aliphatic hydroxyl groups is 1. The fraction of sp³-hybridized carbons (Fsp3) is 0.741. The Kier molecular flexibility index (Phi) is 7.30. The maximum Gasteiger partial charge on any atom is 0.228 e. The van der Waals surface area contributed by atoms with E-state index in [2.05, 4.69) is 46.8 Å². The van der Waals surface area contributed by atoms with Crippen LogP contribution in [-0.4, -0.2) is 80.7 Å². The van der Waals surface area contributed by atoms with E-state index in [0.717, 1.165) is 88.6 Å². The van der Waals surface area contributed by atoms with Crippen molar-refractivity contribution in [2.45, 2.75) is 89.3 Å². The number of nitrogens with one attached hydrogen (secondary N) is 1. The summed E-state index contributed by atoms with van der Waals surface area (Å²) in [4.78, 5) is 26.8. The number of amides is 1. The van der Waals surface area contributed by atoms with Gasteiger partial charge in [-0.05, 0) is 70.4 Å². The van der Waals surface area contributed by atoms with Gasteiger partial charge in [-0.1, -0.05) is 13.3 Å². The highest BCUT2D eigenvalue weighted by Crippen LogP contribution is 2.38. The number of anilines is 1. The Bertz CT molecular complexity index is 1020. The first-order valence-corrected chi connectivity index (χ1v) is 13.7. The summed E-state index contributed by atoms with van der Waals surface area (Å²) in [6.07, 6.45) is 12.0. The third kappa shape index (κ3) is 5.19. The summed E-state index contributed by atoms with van der Waals surface area (Å²) >= 11 is 0. The van der Waals surface area contributed by atoms with Gasteiger partial charge in [0.2, 0.25) is 11.9 Å². The fourth-order valence-electron chi connectivity index (χ4n) is 6.31. The van der Waals surface area contributed by atoms with Gasteiger partial charge in [-0.2, -0.15) is 4.98 Å². The van der Waals surface area contributed by atoms with Crippen LogP contribution in [0.3, 0.4) is 0 Å². The average molecular weight is 483 g/mol. The lowest BCUT2D eigenvalue weighted by Crippen LogP contribution is -2.53. The van der Waals surface area contributed by atoms with Gasteiger partial charge in [-0.15, -0.1) is 0 Å². The lowest BCUT2D eigenvalue weighted by atomic mass is 9.88. The molecule has 4 heterocycles. The zero-order valence-electron chi connectivity index (χ0n) is 21.6. The molecule has 8 heteroatoms. The molecule has 2 aliphatic heterocycles. The van der Waals surface area contributed by atoms with E-state index < -0.39 is 0 Å². The standard InChI is InChI=1S/C27H42N6O2/c1-4-5-18(2)29-27-28-14-23-24(17-33(25(23)30-27)21-6-8-22(34)9-7-21)19-10-12-32(13-11-19)26(35)20-15-31(3)16-20/h14,17-22,34H,4-13,15-16H2,1-3H3,(H,28,29,30)/t18-,21-,22-/m0/s1. The molecule has 2 saturated heterocycles. The van der Waals surface area contributed by atoms with E-state index in [-0.39, 0.29) is 12.0 Å². The van der Waals surface area contributed by atoms with Crippen molar-refractivity contribution in [1.29, 1.82) is 0 Å². The molecule has 0 spiro atoms. The molecule has 1 amide bonds. The highest BCUT2D eigenvalue weighted by Gasteiger charge is 2.35. The highest BCUT2D eigenvalue weighted by molar-refractivity contribution is 5.82. The van der Waals surface area contributed by atoms with E-state index in [0.29, 0.717) is 29.9 Å². The first-order valence-electron chi connectivity index (χ1n) is 13.7. The van der Waals surface area contributed by atoms with Crippen molar-refractivity contribution in [2.24, 2.45) is 5.92 Å². The van der Waals surface area contributed by atoms with Gasteiger partial charge in [0, 0.05) is 56.0 Å². The second-order valence-corrected chi connectivity index (χ2v) is 11.2. The smallest absolute Gasteiger partial charge is 0.228 e. The first kappa shape index (κ1) is 24.5. The lowest BCUT2D eigenvalue weighted by molar-refractivity contribution is -0.141. The minimum Gasteiger partial charge on any atom is -0.393 e. The Labute approximate surface area is 209 Å². The maximum atomic E-state index is 12.8. The third-order valence-electron chi connectivity index (χ3n) is 8.42. The molecule has 0 unspecified atom stereocenters. The quantitative estimate of drug-likeness (QED) is 0.625. The van der Waals surface area contributed by atoms with Crippen LogP contribution in [-0.2, 0) is 4.79 Å². The van der Waals surface area contributed by atoms with Crippen molar-refractivity contribution in [1.82, 2.24) is 24.3 Å². The molecule has 0 bridgehead atoms. The van der Waals surface area contributed by atoms with E-state index in [1.54, 1.807) is 0 Å². The topological polar surface area (TPSA) is 86.5 Å². The van der Waals surface area contributed by atoms with Crippen molar-refractivity contribution in [2.75, 3.05) is 38.5 Å². The van der Waals surface area contributed by atoms with Crippen LogP contribution in [0.25, 0.3) is 11.0 Å². The number of aromatic nitrogens is 3. The SMILES string of the molecule is CCC[C@H](C)Nc1ncc2c(C3CCN(C(=O)C4CN(C)C4)CC3)cn([C@H]3CC[C@H](O)CC3)c2n1. The number of likely N-dealkylation sites (tertiary alicyclic amines) is 2. The third-order valence-corrected chi connectivity index (χ3v) is 8.42. The van der Waals surface area contributed by atoms with Gasteiger partial charge in [-0.3, -0.25) is 4.79 Å². The molecule has 192 valence electrons. The molecule has 0 radical (unpaired) electrons. The normalized spacial score (nSPS) is 25.5. The summed E-state index contributed by atoms with van der Waals surface area (Å²) in [5.41, 5.74) is 2.34. The molecular formula is C27H42N6O2. The minimum absolute atomic E-state index is 0.174. The van der Waals surface area contributed by atoms with E-state index in [9.17, 15) is 9.90 Å². The molecule has 2 N–H and O–H groups in total. The van der Waals surface area contributed by atoms with Crippen LogP contribution in [0.1, 0.15) is 82.7 Å². The molecule has 5 rings (SSSR count). The largest absolute Gasteiger partial charge is 0.393 e. The molecule has 3 fully saturated rings. The van der Waals surface area contributed by atoms with Gasteiger partial charge in [0.05, 0.1) is 12.0 Å². The van der Waals surface area contributed by atoms with Crippen LogP contribution in [0.5, 0.6) is 0 Å². The van der Waals surface area contributed by atoms with Crippen LogP contribution < -0.4 is 5.32 Å². The van der Waals surface area contributed by atoms with Crippen LogP contribution in [0.2, 0.25) is 0 Å². The van der Waals surface area contributed by atoms with Gasteiger partial charge in [0.1, 0.15) is 5.65 Å². The van der Waals surface area contributed by atoms with Gasteiger partial charge in [0.15, 0.2) is 0 Å². The number of hydrogen-bond acceptors (Lipinski definition) is 6.